The number of carbonyl (C=O) groups is 1. The van der Waals surface area contributed by atoms with Gasteiger partial charge >= 0.3 is 5.97 Å². The van der Waals surface area contributed by atoms with Gasteiger partial charge in [-0.3, -0.25) is 9.36 Å². The second-order valence-corrected chi connectivity index (χ2v) is 10.8. The zero-order chi connectivity index (χ0) is 24.9. The molecular weight excluding hydrogens is 480 g/mol. The Labute approximate surface area is 212 Å². The van der Waals surface area contributed by atoms with E-state index >= 15 is 0 Å². The van der Waals surface area contributed by atoms with Gasteiger partial charge in [0.1, 0.15) is 11.8 Å². The Kier molecular flexibility index (Phi) is 8.03. The Balaban J connectivity index is 1.73. The molecule has 0 radical (unpaired) electrons. The molecule has 0 aliphatic carbocycles. The minimum atomic E-state index is -0.553. The van der Waals surface area contributed by atoms with Crippen molar-refractivity contribution in [2.75, 3.05) is 13.2 Å². The average Bonchev–Trinajstić information content (AvgIpc) is 3.47. The molecule has 0 amide bonds. The number of nitrogens with zero attached hydrogens (tertiary/aromatic N) is 2. The van der Waals surface area contributed by atoms with Crippen LogP contribution in [0.25, 0.3) is 6.08 Å². The Morgan fingerprint density at radius 3 is 2.66 bits per heavy atom. The fourth-order valence-corrected chi connectivity index (χ4v) is 5.63. The molecule has 1 aromatic carbocycles. The van der Waals surface area contributed by atoms with E-state index in [0.29, 0.717) is 33.8 Å². The van der Waals surface area contributed by atoms with E-state index in [0.717, 1.165) is 29.0 Å². The fraction of sp³-hybridized carbons (Fsp3) is 0.370. The average molecular weight is 511 g/mol. The molecule has 3 aromatic rings. The minimum absolute atomic E-state index is 0.169. The molecule has 1 atom stereocenters. The smallest absolute Gasteiger partial charge is 0.338 e. The van der Waals surface area contributed by atoms with Crippen LogP contribution in [0.15, 0.2) is 62.8 Å². The summed E-state index contributed by atoms with van der Waals surface area (Å²) in [6.45, 7) is 8.92. The first-order valence-electron chi connectivity index (χ1n) is 11.8. The van der Waals surface area contributed by atoms with Gasteiger partial charge in [0.2, 0.25) is 0 Å². The Morgan fingerprint density at radius 1 is 1.23 bits per heavy atom. The summed E-state index contributed by atoms with van der Waals surface area (Å²) in [7, 11) is 0. The van der Waals surface area contributed by atoms with Gasteiger partial charge in [-0.15, -0.1) is 11.3 Å². The third-order valence-electron chi connectivity index (χ3n) is 5.55. The third kappa shape index (κ3) is 5.65. The lowest BCUT2D eigenvalue weighted by Gasteiger charge is -2.23. The number of hydrogen-bond acceptors (Lipinski definition) is 7. The number of rotatable bonds is 9. The predicted molar refractivity (Wildman–Crippen MR) is 141 cm³/mol. The van der Waals surface area contributed by atoms with Crippen molar-refractivity contribution in [3.05, 3.63) is 83.2 Å². The molecule has 1 unspecified atom stereocenters. The molecule has 0 bridgehead atoms. The van der Waals surface area contributed by atoms with E-state index in [1.54, 1.807) is 11.5 Å². The van der Waals surface area contributed by atoms with E-state index in [1.807, 2.05) is 61.7 Å². The second-order valence-electron chi connectivity index (χ2n) is 8.86. The second kappa shape index (κ2) is 11.2. The number of thiazole rings is 1. The number of fused-ring (bicyclic) bond motifs is 1. The number of hydrogen-bond donors (Lipinski definition) is 0. The van der Waals surface area contributed by atoms with Crippen molar-refractivity contribution in [1.82, 2.24) is 4.57 Å². The molecule has 2 aromatic heterocycles. The number of allylic oxidation sites excluding steroid dienone is 1. The number of aromatic nitrogens is 1. The van der Waals surface area contributed by atoms with Crippen molar-refractivity contribution >= 4 is 34.7 Å². The van der Waals surface area contributed by atoms with Crippen molar-refractivity contribution in [3.8, 4) is 5.75 Å². The normalized spacial score (nSPS) is 15.8. The summed E-state index contributed by atoms with van der Waals surface area (Å²) in [6.07, 6.45) is 3.96. The van der Waals surface area contributed by atoms with E-state index in [4.69, 9.17) is 9.47 Å². The lowest BCUT2D eigenvalue weighted by atomic mass is 10.0. The van der Waals surface area contributed by atoms with Crippen LogP contribution in [0.4, 0.5) is 0 Å². The van der Waals surface area contributed by atoms with Crippen LogP contribution in [0.2, 0.25) is 0 Å². The van der Waals surface area contributed by atoms with E-state index in [9.17, 15) is 9.59 Å². The number of ether oxygens (including phenoxy) is 2. The fourth-order valence-electron chi connectivity index (χ4n) is 3.76. The topological polar surface area (TPSA) is 69.9 Å². The quantitative estimate of drug-likeness (QED) is 0.310. The summed E-state index contributed by atoms with van der Waals surface area (Å²) in [6, 6.07) is 11.0. The summed E-state index contributed by atoms with van der Waals surface area (Å²) in [5, 5.41) is 1.95. The monoisotopic (exact) mass is 510 g/mol. The summed E-state index contributed by atoms with van der Waals surface area (Å²) in [5.41, 5.74) is 1.73. The number of unbranched alkanes of at least 4 members (excludes halogenated alkanes) is 1. The zero-order valence-corrected chi connectivity index (χ0v) is 22.1. The largest absolute Gasteiger partial charge is 0.494 e. The van der Waals surface area contributed by atoms with Gasteiger partial charge in [0.15, 0.2) is 4.80 Å². The predicted octanol–water partition coefficient (Wildman–Crippen LogP) is 4.67. The van der Waals surface area contributed by atoms with Crippen LogP contribution in [0.1, 0.15) is 57.0 Å². The van der Waals surface area contributed by atoms with Crippen molar-refractivity contribution < 1.29 is 14.3 Å². The van der Waals surface area contributed by atoms with Gasteiger partial charge in [-0.05, 0) is 54.5 Å². The van der Waals surface area contributed by atoms with Gasteiger partial charge in [0.25, 0.3) is 5.56 Å². The first-order chi connectivity index (χ1) is 16.9. The van der Waals surface area contributed by atoms with Gasteiger partial charge < -0.3 is 9.47 Å². The van der Waals surface area contributed by atoms with Crippen LogP contribution in [0.3, 0.4) is 0 Å². The Hall–Kier alpha value is -2.97. The van der Waals surface area contributed by atoms with E-state index in [-0.39, 0.29) is 11.5 Å². The summed E-state index contributed by atoms with van der Waals surface area (Å²) < 4.78 is 13.5. The van der Waals surface area contributed by atoms with Crippen LogP contribution in [-0.4, -0.2) is 23.8 Å². The number of thiophene rings is 1. The molecule has 8 heteroatoms. The molecule has 1 aliphatic rings. The van der Waals surface area contributed by atoms with E-state index in [2.05, 4.69) is 11.9 Å². The Bertz CT molecular complexity index is 1380. The van der Waals surface area contributed by atoms with Crippen LogP contribution in [-0.2, 0) is 9.53 Å². The molecule has 0 saturated heterocycles. The highest BCUT2D eigenvalue weighted by molar-refractivity contribution is 7.10. The molecule has 6 nitrogen and oxygen atoms in total. The highest BCUT2D eigenvalue weighted by atomic mass is 32.1. The molecule has 184 valence electrons. The van der Waals surface area contributed by atoms with Crippen molar-refractivity contribution in [2.24, 2.45) is 10.9 Å². The van der Waals surface area contributed by atoms with E-state index in [1.165, 1.54) is 22.7 Å². The highest BCUT2D eigenvalue weighted by Crippen LogP contribution is 2.33. The summed E-state index contributed by atoms with van der Waals surface area (Å²) >= 11 is 2.84. The SMILES string of the molecule is CCCCOc1ccc(C=c2sc3n(c2=O)C(c2cccs2)C(C(=O)OCC(C)C)=C(C)N=3)cc1. The Morgan fingerprint density at radius 2 is 2.00 bits per heavy atom. The molecule has 0 fully saturated rings. The first kappa shape index (κ1) is 25.1. The molecule has 0 N–H and O–H groups in total. The van der Waals surface area contributed by atoms with E-state index < -0.39 is 12.0 Å². The summed E-state index contributed by atoms with van der Waals surface area (Å²) in [4.78, 5) is 32.8. The lowest BCUT2D eigenvalue weighted by molar-refractivity contribution is -0.140. The molecule has 35 heavy (non-hydrogen) atoms. The summed E-state index contributed by atoms with van der Waals surface area (Å²) in [5.74, 6) is 0.603. The molecule has 0 spiro atoms. The minimum Gasteiger partial charge on any atom is -0.494 e. The van der Waals surface area contributed by atoms with Gasteiger partial charge in [0, 0.05) is 4.88 Å². The van der Waals surface area contributed by atoms with Crippen LogP contribution >= 0.6 is 22.7 Å². The van der Waals surface area contributed by atoms with Crippen LogP contribution in [0, 0.1) is 5.92 Å². The van der Waals surface area contributed by atoms with Crippen LogP contribution in [0.5, 0.6) is 5.75 Å². The van der Waals surface area contributed by atoms with Crippen molar-refractivity contribution in [1.29, 1.82) is 0 Å². The zero-order valence-electron chi connectivity index (χ0n) is 20.4. The number of esters is 1. The van der Waals surface area contributed by atoms with Gasteiger partial charge in [-0.25, -0.2) is 9.79 Å². The third-order valence-corrected chi connectivity index (χ3v) is 7.45. The van der Waals surface area contributed by atoms with Crippen molar-refractivity contribution in [2.45, 2.75) is 46.6 Å². The molecule has 1 aliphatic heterocycles. The van der Waals surface area contributed by atoms with Crippen molar-refractivity contribution in [3.63, 3.8) is 0 Å². The van der Waals surface area contributed by atoms with Gasteiger partial charge in [-0.1, -0.05) is 56.7 Å². The lowest BCUT2D eigenvalue weighted by Crippen LogP contribution is -2.39. The van der Waals surface area contributed by atoms with Gasteiger partial charge in [0.05, 0.1) is 29.0 Å². The molecule has 4 rings (SSSR count). The van der Waals surface area contributed by atoms with Gasteiger partial charge in [-0.2, -0.15) is 0 Å². The maximum absolute atomic E-state index is 13.6. The highest BCUT2D eigenvalue weighted by Gasteiger charge is 2.34. The molecule has 3 heterocycles. The maximum atomic E-state index is 13.6. The molecular formula is C27H30N2O4S2. The first-order valence-corrected chi connectivity index (χ1v) is 13.5. The van der Waals surface area contributed by atoms with Crippen LogP contribution < -0.4 is 19.6 Å². The standard InChI is InChI=1S/C27H30N2O4S2/c1-5-6-13-32-20-11-9-19(10-12-20)15-22-25(30)29-24(21-8-7-14-34-21)23(18(4)28-27(29)35-22)26(31)33-16-17(2)3/h7-12,14-15,17,24H,5-6,13,16H2,1-4H3. The maximum Gasteiger partial charge on any atom is 0.338 e. The number of benzene rings is 1. The number of carbonyl (C=O) groups excluding carboxylic acids is 1. The molecule has 0 saturated carbocycles.